The lowest BCUT2D eigenvalue weighted by atomic mass is 10.1. The van der Waals surface area contributed by atoms with E-state index in [4.69, 9.17) is 4.74 Å². The number of hydrogen-bond acceptors (Lipinski definition) is 3. The van der Waals surface area contributed by atoms with Gasteiger partial charge in [-0.15, -0.1) is 0 Å². The first-order valence-corrected chi connectivity index (χ1v) is 9.60. The normalized spacial score (nSPS) is 15.9. The SMILES string of the molecule is Cc1cccc(O[C@H](C)C(=O)N2CCN(c3cccc(C(F)(F)F)c3)CC2)c1C. The third-order valence-corrected chi connectivity index (χ3v) is 5.34. The molecule has 0 aliphatic carbocycles. The molecule has 0 saturated carbocycles. The first-order valence-electron chi connectivity index (χ1n) is 9.60. The van der Waals surface area contributed by atoms with Crippen molar-refractivity contribution in [3.63, 3.8) is 0 Å². The van der Waals surface area contributed by atoms with Gasteiger partial charge in [0.2, 0.25) is 0 Å². The first-order chi connectivity index (χ1) is 13.7. The number of nitrogens with zero attached hydrogens (tertiary/aromatic N) is 2. The average molecular weight is 406 g/mol. The first kappa shape index (κ1) is 21.0. The van der Waals surface area contributed by atoms with Gasteiger partial charge in [0, 0.05) is 31.9 Å². The summed E-state index contributed by atoms with van der Waals surface area (Å²) in [5, 5.41) is 0. The molecule has 0 unspecified atom stereocenters. The zero-order chi connectivity index (χ0) is 21.2. The van der Waals surface area contributed by atoms with Gasteiger partial charge in [0.05, 0.1) is 5.56 Å². The van der Waals surface area contributed by atoms with Gasteiger partial charge in [-0.3, -0.25) is 4.79 Å². The fourth-order valence-corrected chi connectivity index (χ4v) is 3.41. The Kier molecular flexibility index (Phi) is 6.05. The molecule has 0 aromatic heterocycles. The van der Waals surface area contributed by atoms with E-state index < -0.39 is 17.8 Å². The summed E-state index contributed by atoms with van der Waals surface area (Å²) in [4.78, 5) is 16.3. The van der Waals surface area contributed by atoms with Gasteiger partial charge in [-0.25, -0.2) is 0 Å². The zero-order valence-electron chi connectivity index (χ0n) is 16.8. The molecular formula is C22H25F3N2O2. The van der Waals surface area contributed by atoms with Crippen LogP contribution in [0.25, 0.3) is 0 Å². The van der Waals surface area contributed by atoms with Crippen LogP contribution in [0.2, 0.25) is 0 Å². The number of ether oxygens (including phenoxy) is 1. The van der Waals surface area contributed by atoms with Gasteiger partial charge < -0.3 is 14.5 Å². The highest BCUT2D eigenvalue weighted by Gasteiger charge is 2.31. The largest absolute Gasteiger partial charge is 0.481 e. The Bertz CT molecular complexity index is 875. The molecule has 156 valence electrons. The van der Waals surface area contributed by atoms with E-state index >= 15 is 0 Å². The third kappa shape index (κ3) is 4.83. The number of hydrogen-bond donors (Lipinski definition) is 0. The molecule has 3 rings (SSSR count). The number of rotatable bonds is 4. The van der Waals surface area contributed by atoms with Crippen molar-refractivity contribution in [1.82, 2.24) is 4.90 Å². The van der Waals surface area contributed by atoms with Crippen LogP contribution in [-0.2, 0) is 11.0 Å². The van der Waals surface area contributed by atoms with E-state index in [9.17, 15) is 18.0 Å². The minimum Gasteiger partial charge on any atom is -0.481 e. The molecule has 1 fully saturated rings. The molecule has 2 aromatic carbocycles. The molecule has 2 aromatic rings. The molecule has 1 aliphatic rings. The Balaban J connectivity index is 1.60. The van der Waals surface area contributed by atoms with Crippen LogP contribution in [0, 0.1) is 13.8 Å². The lowest BCUT2D eigenvalue weighted by Crippen LogP contribution is -2.52. The highest BCUT2D eigenvalue weighted by Crippen LogP contribution is 2.32. The zero-order valence-corrected chi connectivity index (χ0v) is 16.8. The monoisotopic (exact) mass is 406 g/mol. The summed E-state index contributed by atoms with van der Waals surface area (Å²) >= 11 is 0. The molecule has 1 saturated heterocycles. The van der Waals surface area contributed by atoms with E-state index in [1.54, 1.807) is 17.9 Å². The number of piperazine rings is 1. The van der Waals surface area contributed by atoms with Crippen molar-refractivity contribution in [3.05, 3.63) is 59.2 Å². The number of amides is 1. The number of carbonyl (C=O) groups excluding carboxylic acids is 1. The summed E-state index contributed by atoms with van der Waals surface area (Å²) < 4.78 is 44.7. The highest BCUT2D eigenvalue weighted by atomic mass is 19.4. The van der Waals surface area contributed by atoms with Crippen LogP contribution in [0.3, 0.4) is 0 Å². The summed E-state index contributed by atoms with van der Waals surface area (Å²) in [6.45, 7) is 7.50. The van der Waals surface area contributed by atoms with E-state index in [1.165, 1.54) is 6.07 Å². The van der Waals surface area contributed by atoms with Gasteiger partial charge in [0.1, 0.15) is 5.75 Å². The Morgan fingerprint density at radius 1 is 1.03 bits per heavy atom. The Labute approximate surface area is 168 Å². The topological polar surface area (TPSA) is 32.8 Å². The minimum absolute atomic E-state index is 0.116. The Morgan fingerprint density at radius 3 is 2.34 bits per heavy atom. The van der Waals surface area contributed by atoms with Crippen molar-refractivity contribution in [3.8, 4) is 5.75 Å². The van der Waals surface area contributed by atoms with Crippen LogP contribution in [0.15, 0.2) is 42.5 Å². The summed E-state index contributed by atoms with van der Waals surface area (Å²) in [5.74, 6) is 0.572. The average Bonchev–Trinajstić information content (AvgIpc) is 2.70. The molecule has 1 amide bonds. The van der Waals surface area contributed by atoms with Crippen molar-refractivity contribution in [2.45, 2.75) is 33.1 Å². The second-order valence-electron chi connectivity index (χ2n) is 7.32. The number of anilines is 1. The van der Waals surface area contributed by atoms with Gasteiger partial charge >= 0.3 is 6.18 Å². The summed E-state index contributed by atoms with van der Waals surface area (Å²) in [6.07, 6.45) is -5.00. The van der Waals surface area contributed by atoms with Crippen molar-refractivity contribution in [1.29, 1.82) is 0 Å². The molecule has 0 radical (unpaired) electrons. The number of halogens is 3. The predicted octanol–water partition coefficient (Wildman–Crippen LogP) is 4.44. The van der Waals surface area contributed by atoms with Crippen LogP contribution >= 0.6 is 0 Å². The van der Waals surface area contributed by atoms with Crippen LogP contribution in [0.5, 0.6) is 5.75 Å². The second kappa shape index (κ2) is 8.35. The van der Waals surface area contributed by atoms with Gasteiger partial charge in [0.25, 0.3) is 5.91 Å². The van der Waals surface area contributed by atoms with E-state index in [1.807, 2.05) is 36.9 Å². The molecule has 29 heavy (non-hydrogen) atoms. The molecule has 1 heterocycles. The predicted molar refractivity (Wildman–Crippen MR) is 106 cm³/mol. The Morgan fingerprint density at radius 2 is 1.69 bits per heavy atom. The molecule has 1 aliphatic heterocycles. The maximum Gasteiger partial charge on any atom is 0.416 e. The molecule has 1 atom stereocenters. The smallest absolute Gasteiger partial charge is 0.416 e. The number of aryl methyl sites for hydroxylation is 1. The van der Waals surface area contributed by atoms with Crippen LogP contribution < -0.4 is 9.64 Å². The fourth-order valence-electron chi connectivity index (χ4n) is 3.41. The highest BCUT2D eigenvalue weighted by molar-refractivity contribution is 5.81. The molecule has 7 heteroatoms. The molecule has 0 bridgehead atoms. The van der Waals surface area contributed by atoms with Crippen molar-refractivity contribution in [2.24, 2.45) is 0 Å². The van der Waals surface area contributed by atoms with Crippen LogP contribution in [0.4, 0.5) is 18.9 Å². The second-order valence-corrected chi connectivity index (χ2v) is 7.32. The molecule has 0 N–H and O–H groups in total. The summed E-state index contributed by atoms with van der Waals surface area (Å²) in [7, 11) is 0. The number of benzene rings is 2. The van der Waals surface area contributed by atoms with E-state index in [-0.39, 0.29) is 5.91 Å². The fraction of sp³-hybridized carbons (Fsp3) is 0.409. The minimum atomic E-state index is -4.37. The summed E-state index contributed by atoms with van der Waals surface area (Å²) in [5.41, 5.74) is 1.95. The third-order valence-electron chi connectivity index (χ3n) is 5.34. The maximum atomic E-state index is 12.9. The van der Waals surface area contributed by atoms with Crippen LogP contribution in [0.1, 0.15) is 23.6 Å². The number of alkyl halides is 3. The van der Waals surface area contributed by atoms with Crippen LogP contribution in [-0.4, -0.2) is 43.1 Å². The molecule has 4 nitrogen and oxygen atoms in total. The maximum absolute atomic E-state index is 12.9. The lowest BCUT2D eigenvalue weighted by Gasteiger charge is -2.37. The quantitative estimate of drug-likeness (QED) is 0.753. The number of carbonyl (C=O) groups is 1. The standard InChI is InChI=1S/C22H25F3N2O2/c1-15-6-4-9-20(16(15)2)29-17(3)21(28)27-12-10-26(11-13-27)19-8-5-7-18(14-19)22(23,24)25/h4-9,14,17H,10-13H2,1-3H3/t17-/m1/s1. The van der Waals surface area contributed by atoms with E-state index in [0.717, 1.165) is 23.3 Å². The van der Waals surface area contributed by atoms with Crippen molar-refractivity contribution in [2.75, 3.05) is 31.1 Å². The van der Waals surface area contributed by atoms with Gasteiger partial charge in [-0.1, -0.05) is 18.2 Å². The van der Waals surface area contributed by atoms with Crippen molar-refractivity contribution < 1.29 is 22.7 Å². The lowest BCUT2D eigenvalue weighted by molar-refractivity contribution is -0.138. The van der Waals surface area contributed by atoms with Gasteiger partial charge in [0.15, 0.2) is 6.10 Å². The van der Waals surface area contributed by atoms with Gasteiger partial charge in [-0.05, 0) is 56.2 Å². The molecule has 0 spiro atoms. The van der Waals surface area contributed by atoms with E-state index in [0.29, 0.717) is 37.6 Å². The molecular weight excluding hydrogens is 381 g/mol. The Hall–Kier alpha value is -2.70. The van der Waals surface area contributed by atoms with Crippen molar-refractivity contribution >= 4 is 11.6 Å². The summed E-state index contributed by atoms with van der Waals surface area (Å²) in [6, 6.07) is 11.0. The van der Waals surface area contributed by atoms with Gasteiger partial charge in [-0.2, -0.15) is 13.2 Å². The van der Waals surface area contributed by atoms with E-state index in [2.05, 4.69) is 0 Å².